The van der Waals surface area contributed by atoms with E-state index in [0.717, 1.165) is 17.7 Å². The number of rotatable bonds is 7. The summed E-state index contributed by atoms with van der Waals surface area (Å²) in [7, 11) is 1.65. The van der Waals surface area contributed by atoms with Gasteiger partial charge in [-0.25, -0.2) is 8.78 Å². The molecule has 4 rings (SSSR count). The second kappa shape index (κ2) is 12.0. The van der Waals surface area contributed by atoms with Crippen LogP contribution in [0, 0.1) is 11.6 Å². The van der Waals surface area contributed by atoms with Crippen molar-refractivity contribution in [3.8, 4) is 0 Å². The molecule has 1 aliphatic rings. The van der Waals surface area contributed by atoms with Crippen molar-refractivity contribution in [1.29, 1.82) is 0 Å². The van der Waals surface area contributed by atoms with Gasteiger partial charge in [-0.05, 0) is 35.7 Å². The third-order valence-electron chi connectivity index (χ3n) is 6.35. The third-order valence-corrected chi connectivity index (χ3v) is 6.35. The minimum Gasteiger partial charge on any atom is -0.361 e. The number of ether oxygens (including phenoxy) is 1. The molecule has 0 spiro atoms. The average molecular weight is 522 g/mol. The van der Waals surface area contributed by atoms with Gasteiger partial charge in [-0.1, -0.05) is 60.7 Å². The van der Waals surface area contributed by atoms with Gasteiger partial charge in [-0.3, -0.25) is 14.4 Å². The second-order valence-corrected chi connectivity index (χ2v) is 9.32. The summed E-state index contributed by atoms with van der Waals surface area (Å²) >= 11 is 0. The summed E-state index contributed by atoms with van der Waals surface area (Å²) in [5, 5.41) is 5.28. The number of likely N-dealkylation sites (N-methyl/N-ethyl adjacent to an activating group) is 1. The molecule has 3 aromatic rings. The number of nitrogens with one attached hydrogen (secondary N) is 2. The number of carbonyl (C=O) groups excluding carboxylic acids is 3. The van der Waals surface area contributed by atoms with E-state index < -0.39 is 47.7 Å². The van der Waals surface area contributed by atoms with Crippen LogP contribution in [0.1, 0.15) is 35.8 Å². The lowest BCUT2D eigenvalue weighted by molar-refractivity contribution is -0.137. The summed E-state index contributed by atoms with van der Waals surface area (Å²) in [6, 6.07) is 19.4. The molecule has 0 radical (unpaired) electrons. The zero-order valence-electron chi connectivity index (χ0n) is 21.1. The smallest absolute Gasteiger partial charge is 0.248 e. The maximum Gasteiger partial charge on any atom is 0.248 e. The van der Waals surface area contributed by atoms with E-state index in [1.807, 2.05) is 60.7 Å². The number of benzene rings is 3. The molecule has 38 heavy (non-hydrogen) atoms. The van der Waals surface area contributed by atoms with Gasteiger partial charge >= 0.3 is 0 Å². The van der Waals surface area contributed by atoms with Gasteiger partial charge in [-0.2, -0.15) is 0 Å². The SMILES string of the molecule is C[C@H](NC(=O)Cc1cc(F)cc(F)c1)C(=O)N[C@@H]1C(=O)N(C)C[C@H](c2ccccc2)O[C@@H]1c1ccccc1. The third kappa shape index (κ3) is 6.60. The fourth-order valence-corrected chi connectivity index (χ4v) is 4.44. The highest BCUT2D eigenvalue weighted by atomic mass is 19.1. The van der Waals surface area contributed by atoms with Crippen LogP contribution in [0.25, 0.3) is 0 Å². The van der Waals surface area contributed by atoms with Crippen molar-refractivity contribution in [3.63, 3.8) is 0 Å². The van der Waals surface area contributed by atoms with Crippen molar-refractivity contribution in [1.82, 2.24) is 15.5 Å². The molecule has 1 aliphatic heterocycles. The lowest BCUT2D eigenvalue weighted by atomic mass is 10.0. The summed E-state index contributed by atoms with van der Waals surface area (Å²) < 4.78 is 33.4. The molecule has 1 fully saturated rings. The fraction of sp³-hybridized carbons (Fsp3) is 0.276. The van der Waals surface area contributed by atoms with Gasteiger partial charge in [-0.15, -0.1) is 0 Å². The van der Waals surface area contributed by atoms with Gasteiger partial charge in [0.2, 0.25) is 17.7 Å². The van der Waals surface area contributed by atoms with E-state index in [2.05, 4.69) is 10.6 Å². The number of amides is 3. The number of hydrogen-bond acceptors (Lipinski definition) is 4. The molecule has 0 saturated carbocycles. The van der Waals surface area contributed by atoms with Crippen molar-refractivity contribution in [2.75, 3.05) is 13.6 Å². The predicted octanol–water partition coefficient (Wildman–Crippen LogP) is 3.47. The predicted molar refractivity (Wildman–Crippen MR) is 137 cm³/mol. The van der Waals surface area contributed by atoms with Gasteiger partial charge < -0.3 is 20.3 Å². The first kappa shape index (κ1) is 26.9. The van der Waals surface area contributed by atoms with E-state index in [1.54, 1.807) is 7.05 Å². The summed E-state index contributed by atoms with van der Waals surface area (Å²) in [6.45, 7) is 1.75. The van der Waals surface area contributed by atoms with Crippen LogP contribution in [-0.2, 0) is 25.5 Å². The van der Waals surface area contributed by atoms with Gasteiger partial charge in [0.1, 0.15) is 35.9 Å². The topological polar surface area (TPSA) is 87.7 Å². The molecule has 1 heterocycles. The number of carbonyl (C=O) groups is 3. The quantitative estimate of drug-likeness (QED) is 0.499. The van der Waals surface area contributed by atoms with E-state index >= 15 is 0 Å². The van der Waals surface area contributed by atoms with Crippen LogP contribution in [0.2, 0.25) is 0 Å². The highest BCUT2D eigenvalue weighted by Crippen LogP contribution is 2.33. The first-order valence-corrected chi connectivity index (χ1v) is 12.3. The van der Waals surface area contributed by atoms with Gasteiger partial charge in [0.05, 0.1) is 13.0 Å². The molecule has 9 heteroatoms. The molecule has 198 valence electrons. The lowest BCUT2D eigenvalue weighted by Gasteiger charge is -2.28. The normalized spacial score (nSPS) is 20.4. The molecule has 3 aromatic carbocycles. The molecule has 1 saturated heterocycles. The van der Waals surface area contributed by atoms with E-state index in [-0.39, 0.29) is 24.4 Å². The van der Waals surface area contributed by atoms with Crippen molar-refractivity contribution < 1.29 is 27.9 Å². The Morgan fingerprint density at radius 3 is 2.16 bits per heavy atom. The maximum atomic E-state index is 13.5. The van der Waals surface area contributed by atoms with Crippen LogP contribution in [-0.4, -0.2) is 48.3 Å². The molecule has 0 aromatic heterocycles. The van der Waals surface area contributed by atoms with Crippen molar-refractivity contribution in [2.24, 2.45) is 0 Å². The van der Waals surface area contributed by atoms with Crippen molar-refractivity contribution in [3.05, 3.63) is 107 Å². The highest BCUT2D eigenvalue weighted by Gasteiger charge is 2.40. The van der Waals surface area contributed by atoms with Crippen molar-refractivity contribution >= 4 is 17.7 Å². The van der Waals surface area contributed by atoms with E-state index in [4.69, 9.17) is 4.74 Å². The van der Waals surface area contributed by atoms with Gasteiger partial charge in [0, 0.05) is 13.1 Å². The van der Waals surface area contributed by atoms with E-state index in [9.17, 15) is 23.2 Å². The molecule has 7 nitrogen and oxygen atoms in total. The fourth-order valence-electron chi connectivity index (χ4n) is 4.44. The lowest BCUT2D eigenvalue weighted by Crippen LogP contribution is -2.54. The zero-order chi connectivity index (χ0) is 27.2. The first-order chi connectivity index (χ1) is 18.2. The Kier molecular flexibility index (Phi) is 8.48. The molecule has 0 aliphatic carbocycles. The molecule has 3 amide bonds. The zero-order valence-corrected chi connectivity index (χ0v) is 21.1. The van der Waals surface area contributed by atoms with Crippen LogP contribution >= 0.6 is 0 Å². The Hall–Kier alpha value is -4.11. The second-order valence-electron chi connectivity index (χ2n) is 9.32. The minimum absolute atomic E-state index is 0.137. The van der Waals surface area contributed by atoms with E-state index in [1.165, 1.54) is 11.8 Å². The average Bonchev–Trinajstić information content (AvgIpc) is 3.01. The Labute approximate surface area is 219 Å². The molecule has 0 bridgehead atoms. The Morgan fingerprint density at radius 1 is 0.974 bits per heavy atom. The molecule has 4 atom stereocenters. The van der Waals surface area contributed by atoms with Gasteiger partial charge in [0.15, 0.2) is 0 Å². The summed E-state index contributed by atoms with van der Waals surface area (Å²) in [5.74, 6) is -3.12. The summed E-state index contributed by atoms with van der Waals surface area (Å²) in [6.07, 6.45) is -1.53. The van der Waals surface area contributed by atoms with Crippen LogP contribution in [0.4, 0.5) is 8.78 Å². The number of hydrogen-bond donors (Lipinski definition) is 2. The Morgan fingerprint density at radius 2 is 1.55 bits per heavy atom. The van der Waals surface area contributed by atoms with Gasteiger partial charge in [0.25, 0.3) is 0 Å². The first-order valence-electron chi connectivity index (χ1n) is 12.3. The van der Waals surface area contributed by atoms with Crippen LogP contribution in [0.3, 0.4) is 0 Å². The molecule has 2 N–H and O–H groups in total. The van der Waals surface area contributed by atoms with E-state index in [0.29, 0.717) is 11.6 Å². The van der Waals surface area contributed by atoms with Crippen LogP contribution in [0.5, 0.6) is 0 Å². The van der Waals surface area contributed by atoms with Crippen LogP contribution in [0.15, 0.2) is 78.9 Å². The Bertz CT molecular complexity index is 1270. The maximum absolute atomic E-state index is 13.5. The van der Waals surface area contributed by atoms with Crippen LogP contribution < -0.4 is 10.6 Å². The minimum atomic E-state index is -1.06. The summed E-state index contributed by atoms with van der Waals surface area (Å²) in [5.41, 5.74) is 1.75. The highest BCUT2D eigenvalue weighted by molar-refractivity contribution is 5.92. The summed E-state index contributed by atoms with van der Waals surface area (Å²) in [4.78, 5) is 40.6. The number of nitrogens with zero attached hydrogens (tertiary/aromatic N) is 1. The Balaban J connectivity index is 1.51. The standard InChI is InChI=1S/C29H29F2N3O4/c1-18(32-25(35)15-19-13-22(30)16-23(31)14-19)28(36)33-26-27(21-11-7-4-8-12-21)38-24(17-34(2)29(26)37)20-9-5-3-6-10-20/h3-14,16,18,24,26-27H,15,17H2,1-2H3,(H,32,35)(H,33,36)/t18-,24+,26-,27+/m0/s1. The van der Waals surface area contributed by atoms with Crippen molar-refractivity contribution in [2.45, 2.75) is 37.6 Å². The molecular weight excluding hydrogens is 492 g/mol. The molecule has 0 unspecified atom stereocenters. The molecular formula is C29H29F2N3O4. The largest absolute Gasteiger partial charge is 0.361 e. The number of halogens is 2. The monoisotopic (exact) mass is 521 g/mol.